The highest BCUT2D eigenvalue weighted by Crippen LogP contribution is 2.37. The number of allylic oxidation sites excluding steroid dienone is 1. The van der Waals surface area contributed by atoms with Crippen molar-refractivity contribution in [3.05, 3.63) is 12.2 Å². The monoisotopic (exact) mass is 196 g/mol. The van der Waals surface area contributed by atoms with Crippen molar-refractivity contribution >= 4 is 5.97 Å². The van der Waals surface area contributed by atoms with E-state index >= 15 is 0 Å². The summed E-state index contributed by atoms with van der Waals surface area (Å²) in [4.78, 5) is 10.9. The first kappa shape index (κ1) is 11.3. The summed E-state index contributed by atoms with van der Waals surface area (Å²) in [5.41, 5.74) is 1.03. The van der Waals surface area contributed by atoms with Gasteiger partial charge in [-0.2, -0.15) is 0 Å². The molecule has 2 heteroatoms. The SMILES string of the molecule is C=C(C)C1CCC(C)(OC(C)=O)CC1. The summed E-state index contributed by atoms with van der Waals surface area (Å²) in [6.45, 7) is 9.58. The Balaban J connectivity index is 2.48. The molecule has 0 atom stereocenters. The molecule has 0 aromatic rings. The summed E-state index contributed by atoms with van der Waals surface area (Å²) in [5, 5.41) is 0. The minimum atomic E-state index is -0.224. The molecule has 0 bridgehead atoms. The maximum absolute atomic E-state index is 10.9. The number of esters is 1. The third-order valence-electron chi connectivity index (χ3n) is 3.13. The van der Waals surface area contributed by atoms with Crippen LogP contribution in [0.1, 0.15) is 46.5 Å². The zero-order chi connectivity index (χ0) is 10.8. The minimum absolute atomic E-state index is 0.165. The summed E-state index contributed by atoms with van der Waals surface area (Å²) < 4.78 is 5.34. The molecule has 0 aromatic carbocycles. The molecule has 0 N–H and O–H groups in total. The lowest BCUT2D eigenvalue weighted by Crippen LogP contribution is -2.35. The third-order valence-corrected chi connectivity index (χ3v) is 3.13. The number of hydrogen-bond donors (Lipinski definition) is 0. The second-order valence-corrected chi connectivity index (χ2v) is 4.66. The van der Waals surface area contributed by atoms with Crippen molar-refractivity contribution < 1.29 is 9.53 Å². The first-order chi connectivity index (χ1) is 6.43. The van der Waals surface area contributed by atoms with E-state index in [9.17, 15) is 4.79 Å². The highest BCUT2D eigenvalue weighted by molar-refractivity contribution is 5.66. The van der Waals surface area contributed by atoms with Crippen LogP contribution in [0.5, 0.6) is 0 Å². The summed E-state index contributed by atoms with van der Waals surface area (Å²) in [6.07, 6.45) is 4.12. The molecule has 1 aliphatic carbocycles. The topological polar surface area (TPSA) is 26.3 Å². The van der Waals surface area contributed by atoms with E-state index in [0.29, 0.717) is 5.92 Å². The Bertz CT molecular complexity index is 235. The van der Waals surface area contributed by atoms with Gasteiger partial charge in [0.15, 0.2) is 0 Å². The van der Waals surface area contributed by atoms with Crippen LogP contribution >= 0.6 is 0 Å². The van der Waals surface area contributed by atoms with Crippen LogP contribution in [0.4, 0.5) is 0 Å². The first-order valence-electron chi connectivity index (χ1n) is 5.28. The maximum atomic E-state index is 10.9. The lowest BCUT2D eigenvalue weighted by atomic mass is 9.77. The first-order valence-corrected chi connectivity index (χ1v) is 5.28. The fourth-order valence-corrected chi connectivity index (χ4v) is 2.17. The van der Waals surface area contributed by atoms with E-state index in [2.05, 4.69) is 13.5 Å². The van der Waals surface area contributed by atoms with Crippen LogP contribution in [0.25, 0.3) is 0 Å². The third kappa shape index (κ3) is 2.86. The molecule has 1 aliphatic rings. The molecule has 0 saturated heterocycles. The highest BCUT2D eigenvalue weighted by atomic mass is 16.6. The number of hydrogen-bond acceptors (Lipinski definition) is 2. The van der Waals surface area contributed by atoms with Crippen molar-refractivity contribution in [2.75, 3.05) is 0 Å². The van der Waals surface area contributed by atoms with Gasteiger partial charge in [0.25, 0.3) is 0 Å². The van der Waals surface area contributed by atoms with E-state index in [-0.39, 0.29) is 11.6 Å². The molecular weight excluding hydrogens is 176 g/mol. The molecule has 1 fully saturated rings. The molecule has 0 unspecified atom stereocenters. The van der Waals surface area contributed by atoms with Gasteiger partial charge in [0, 0.05) is 6.92 Å². The van der Waals surface area contributed by atoms with E-state index in [1.54, 1.807) is 0 Å². The fraction of sp³-hybridized carbons (Fsp3) is 0.750. The Hall–Kier alpha value is -0.790. The van der Waals surface area contributed by atoms with Crippen LogP contribution < -0.4 is 0 Å². The minimum Gasteiger partial charge on any atom is -0.460 e. The number of carbonyl (C=O) groups excluding carboxylic acids is 1. The van der Waals surface area contributed by atoms with Crippen molar-refractivity contribution in [1.82, 2.24) is 0 Å². The molecule has 14 heavy (non-hydrogen) atoms. The number of rotatable bonds is 2. The predicted molar refractivity (Wildman–Crippen MR) is 56.9 cm³/mol. The molecule has 0 aliphatic heterocycles. The van der Waals surface area contributed by atoms with Crippen molar-refractivity contribution in [2.45, 2.75) is 52.1 Å². The predicted octanol–water partition coefficient (Wildman–Crippen LogP) is 3.07. The van der Waals surface area contributed by atoms with Gasteiger partial charge in [-0.3, -0.25) is 4.79 Å². The largest absolute Gasteiger partial charge is 0.460 e. The maximum Gasteiger partial charge on any atom is 0.303 e. The van der Waals surface area contributed by atoms with Crippen LogP contribution in [0.2, 0.25) is 0 Å². The van der Waals surface area contributed by atoms with Gasteiger partial charge in [-0.05, 0) is 45.4 Å². The van der Waals surface area contributed by atoms with Gasteiger partial charge in [-0.25, -0.2) is 0 Å². The summed E-state index contributed by atoms with van der Waals surface area (Å²) in [7, 11) is 0. The number of ether oxygens (including phenoxy) is 1. The van der Waals surface area contributed by atoms with E-state index in [1.807, 2.05) is 6.92 Å². The Morgan fingerprint density at radius 2 is 1.86 bits per heavy atom. The van der Waals surface area contributed by atoms with Crippen LogP contribution in [-0.4, -0.2) is 11.6 Å². The fourth-order valence-electron chi connectivity index (χ4n) is 2.17. The van der Waals surface area contributed by atoms with Crippen LogP contribution in [-0.2, 0) is 9.53 Å². The molecule has 0 radical (unpaired) electrons. The lowest BCUT2D eigenvalue weighted by molar-refractivity contribution is -0.158. The summed E-state index contributed by atoms with van der Waals surface area (Å²) in [6, 6.07) is 0. The normalized spacial score (nSPS) is 32.4. The molecule has 0 spiro atoms. The van der Waals surface area contributed by atoms with Crippen molar-refractivity contribution in [3.63, 3.8) is 0 Å². The molecule has 0 heterocycles. The van der Waals surface area contributed by atoms with Gasteiger partial charge < -0.3 is 4.74 Å². The van der Waals surface area contributed by atoms with Crippen LogP contribution in [0.15, 0.2) is 12.2 Å². The zero-order valence-electron chi connectivity index (χ0n) is 9.43. The average Bonchev–Trinajstić information content (AvgIpc) is 2.02. The lowest BCUT2D eigenvalue weighted by Gasteiger charge is -2.36. The zero-order valence-corrected chi connectivity index (χ0v) is 9.43. The smallest absolute Gasteiger partial charge is 0.303 e. The van der Waals surface area contributed by atoms with Gasteiger partial charge in [0.05, 0.1) is 0 Å². The van der Waals surface area contributed by atoms with Crippen LogP contribution in [0, 0.1) is 5.92 Å². The van der Waals surface area contributed by atoms with E-state index in [0.717, 1.165) is 25.7 Å². The van der Waals surface area contributed by atoms with Gasteiger partial charge in [-0.15, -0.1) is 0 Å². The second-order valence-electron chi connectivity index (χ2n) is 4.66. The average molecular weight is 196 g/mol. The molecule has 0 amide bonds. The standard InChI is InChI=1S/C12H20O2/c1-9(2)11-5-7-12(4,8-6-11)14-10(3)13/h11H,1,5-8H2,2-4H3. The Kier molecular flexibility index (Phi) is 3.35. The highest BCUT2D eigenvalue weighted by Gasteiger charge is 2.33. The Morgan fingerprint density at radius 1 is 1.36 bits per heavy atom. The summed E-state index contributed by atoms with van der Waals surface area (Å²) >= 11 is 0. The van der Waals surface area contributed by atoms with E-state index in [1.165, 1.54) is 12.5 Å². The Labute approximate surface area is 86.3 Å². The molecular formula is C12H20O2. The Morgan fingerprint density at radius 3 is 2.21 bits per heavy atom. The van der Waals surface area contributed by atoms with Crippen molar-refractivity contribution in [3.8, 4) is 0 Å². The van der Waals surface area contributed by atoms with Crippen LogP contribution in [0.3, 0.4) is 0 Å². The molecule has 1 saturated carbocycles. The molecule has 80 valence electrons. The van der Waals surface area contributed by atoms with Crippen molar-refractivity contribution in [1.29, 1.82) is 0 Å². The van der Waals surface area contributed by atoms with E-state index in [4.69, 9.17) is 4.74 Å². The summed E-state index contributed by atoms with van der Waals surface area (Å²) in [5.74, 6) is 0.458. The van der Waals surface area contributed by atoms with Gasteiger partial charge in [-0.1, -0.05) is 12.2 Å². The molecule has 1 rings (SSSR count). The second kappa shape index (κ2) is 4.16. The van der Waals surface area contributed by atoms with Gasteiger partial charge >= 0.3 is 5.97 Å². The molecule has 2 nitrogen and oxygen atoms in total. The van der Waals surface area contributed by atoms with E-state index < -0.39 is 0 Å². The van der Waals surface area contributed by atoms with Crippen molar-refractivity contribution in [2.24, 2.45) is 5.92 Å². The number of carbonyl (C=O) groups is 1. The van der Waals surface area contributed by atoms with Gasteiger partial charge in [0.2, 0.25) is 0 Å². The van der Waals surface area contributed by atoms with Gasteiger partial charge in [0.1, 0.15) is 5.60 Å². The molecule has 0 aromatic heterocycles. The quantitative estimate of drug-likeness (QED) is 0.501.